The standard InChI is InChI=1S/C72H126O6/c1-4-7-10-13-16-19-22-25-28-31-33-34-35-36-37-38-40-41-44-47-50-53-56-59-62-65-71(74)77-68-69(67-76-70(73)64-61-58-55-52-49-46-43-30-27-24-21-18-15-12-9-6-3)78-72(75)66-63-60-57-54-51-48-45-42-39-32-29-26-23-20-17-14-11-8-5-2/h17,20-22,24-26,29-31,33,39,42-43,69H,4-16,18-19,23,27-28,32,34-38,40-41,44-68H2,1-3H3/b20-17-,24-21-,25-22-,29-26-,33-31-,42-39-,43-30-. The van der Waals surface area contributed by atoms with E-state index in [1.807, 2.05) is 0 Å². The lowest BCUT2D eigenvalue weighted by Gasteiger charge is -2.18. The van der Waals surface area contributed by atoms with Crippen molar-refractivity contribution >= 4 is 17.9 Å². The van der Waals surface area contributed by atoms with Crippen LogP contribution in [0.25, 0.3) is 0 Å². The highest BCUT2D eigenvalue weighted by atomic mass is 16.6. The van der Waals surface area contributed by atoms with Gasteiger partial charge in [0.1, 0.15) is 13.2 Å². The summed E-state index contributed by atoms with van der Waals surface area (Å²) in [5, 5.41) is 0. The molecular formula is C72H126O6. The second kappa shape index (κ2) is 66.1. The van der Waals surface area contributed by atoms with E-state index >= 15 is 0 Å². The molecule has 0 N–H and O–H groups in total. The molecule has 0 spiro atoms. The Bertz CT molecular complexity index is 1480. The monoisotopic (exact) mass is 1090 g/mol. The van der Waals surface area contributed by atoms with Crippen LogP contribution in [0.4, 0.5) is 0 Å². The van der Waals surface area contributed by atoms with Crippen molar-refractivity contribution in [2.75, 3.05) is 13.2 Å². The number of carbonyl (C=O) groups excluding carboxylic acids is 3. The van der Waals surface area contributed by atoms with E-state index in [1.54, 1.807) is 0 Å². The van der Waals surface area contributed by atoms with Crippen molar-refractivity contribution in [3.05, 3.63) is 85.1 Å². The molecule has 6 heteroatoms. The summed E-state index contributed by atoms with van der Waals surface area (Å²) in [4.78, 5) is 38.4. The number of ether oxygens (including phenoxy) is 3. The first-order valence-electron chi connectivity index (χ1n) is 33.6. The summed E-state index contributed by atoms with van der Waals surface area (Å²) in [6.45, 7) is 6.60. The van der Waals surface area contributed by atoms with Crippen molar-refractivity contribution in [1.29, 1.82) is 0 Å². The minimum atomic E-state index is -0.792. The molecule has 6 nitrogen and oxygen atoms in total. The molecule has 0 radical (unpaired) electrons. The molecule has 78 heavy (non-hydrogen) atoms. The first kappa shape index (κ1) is 74.6. The summed E-state index contributed by atoms with van der Waals surface area (Å²) in [5.41, 5.74) is 0. The van der Waals surface area contributed by atoms with Gasteiger partial charge in [-0.05, 0) is 122 Å². The number of allylic oxidation sites excluding steroid dienone is 14. The van der Waals surface area contributed by atoms with Crippen LogP contribution in [0.3, 0.4) is 0 Å². The molecule has 0 aromatic rings. The predicted octanol–water partition coefficient (Wildman–Crippen LogP) is 23.1. The van der Waals surface area contributed by atoms with Crippen LogP contribution in [0.1, 0.15) is 335 Å². The Labute approximate surface area is 484 Å². The van der Waals surface area contributed by atoms with Crippen LogP contribution < -0.4 is 0 Å². The third kappa shape index (κ3) is 63.4. The van der Waals surface area contributed by atoms with E-state index in [-0.39, 0.29) is 31.1 Å². The minimum absolute atomic E-state index is 0.0856. The Hall–Kier alpha value is -3.41. The quantitative estimate of drug-likeness (QED) is 0.0261. The average molecular weight is 1090 g/mol. The Balaban J connectivity index is 4.36. The highest BCUT2D eigenvalue weighted by Gasteiger charge is 2.19. The lowest BCUT2D eigenvalue weighted by Crippen LogP contribution is -2.30. The van der Waals surface area contributed by atoms with E-state index in [1.165, 1.54) is 186 Å². The first-order chi connectivity index (χ1) is 38.5. The summed E-state index contributed by atoms with van der Waals surface area (Å²) < 4.78 is 16.9. The number of unbranched alkanes of at least 4 members (excludes halogenated alkanes) is 36. The molecule has 0 aliphatic heterocycles. The maximum atomic E-state index is 12.9. The van der Waals surface area contributed by atoms with Crippen molar-refractivity contribution in [2.24, 2.45) is 0 Å². The van der Waals surface area contributed by atoms with Crippen LogP contribution in [-0.4, -0.2) is 37.2 Å². The highest BCUT2D eigenvalue weighted by molar-refractivity contribution is 5.71. The highest BCUT2D eigenvalue weighted by Crippen LogP contribution is 2.16. The number of hydrogen-bond acceptors (Lipinski definition) is 6. The first-order valence-corrected chi connectivity index (χ1v) is 33.6. The van der Waals surface area contributed by atoms with E-state index in [0.29, 0.717) is 19.3 Å². The van der Waals surface area contributed by atoms with Crippen molar-refractivity contribution in [2.45, 2.75) is 341 Å². The number of carbonyl (C=O) groups is 3. The van der Waals surface area contributed by atoms with E-state index in [0.717, 1.165) is 109 Å². The van der Waals surface area contributed by atoms with E-state index in [4.69, 9.17) is 14.2 Å². The zero-order valence-corrected chi connectivity index (χ0v) is 51.7. The van der Waals surface area contributed by atoms with Gasteiger partial charge in [0.25, 0.3) is 0 Å². The fraction of sp³-hybridized carbons (Fsp3) is 0.764. The molecule has 0 amide bonds. The summed E-state index contributed by atoms with van der Waals surface area (Å²) in [6.07, 6.45) is 87.3. The Morgan fingerprint density at radius 2 is 0.462 bits per heavy atom. The molecule has 1 atom stereocenters. The zero-order chi connectivity index (χ0) is 56.4. The lowest BCUT2D eigenvalue weighted by molar-refractivity contribution is -0.167. The molecule has 0 heterocycles. The van der Waals surface area contributed by atoms with Gasteiger partial charge in [-0.25, -0.2) is 0 Å². The molecule has 1 unspecified atom stereocenters. The fourth-order valence-corrected chi connectivity index (χ4v) is 9.51. The predicted molar refractivity (Wildman–Crippen MR) is 339 cm³/mol. The molecular weight excluding hydrogens is 961 g/mol. The van der Waals surface area contributed by atoms with Gasteiger partial charge in [-0.1, -0.05) is 279 Å². The number of rotatable bonds is 61. The smallest absolute Gasteiger partial charge is 0.306 e. The maximum absolute atomic E-state index is 12.9. The van der Waals surface area contributed by atoms with Gasteiger partial charge in [0, 0.05) is 19.3 Å². The Morgan fingerprint density at radius 3 is 0.756 bits per heavy atom. The molecule has 0 fully saturated rings. The zero-order valence-electron chi connectivity index (χ0n) is 51.7. The molecule has 0 bridgehead atoms. The number of hydrogen-bond donors (Lipinski definition) is 0. The molecule has 450 valence electrons. The second-order valence-electron chi connectivity index (χ2n) is 22.4. The maximum Gasteiger partial charge on any atom is 0.306 e. The van der Waals surface area contributed by atoms with Crippen LogP contribution >= 0.6 is 0 Å². The molecule has 0 saturated carbocycles. The molecule has 0 saturated heterocycles. The van der Waals surface area contributed by atoms with Crippen molar-refractivity contribution < 1.29 is 28.6 Å². The van der Waals surface area contributed by atoms with Gasteiger partial charge < -0.3 is 14.2 Å². The van der Waals surface area contributed by atoms with Gasteiger partial charge >= 0.3 is 17.9 Å². The summed E-state index contributed by atoms with van der Waals surface area (Å²) in [6, 6.07) is 0. The topological polar surface area (TPSA) is 78.9 Å². The second-order valence-corrected chi connectivity index (χ2v) is 22.4. The summed E-state index contributed by atoms with van der Waals surface area (Å²) in [7, 11) is 0. The van der Waals surface area contributed by atoms with E-state index < -0.39 is 6.10 Å². The lowest BCUT2D eigenvalue weighted by atomic mass is 10.0. The normalized spacial score (nSPS) is 12.6. The summed E-state index contributed by atoms with van der Waals surface area (Å²) in [5.74, 6) is -0.899. The van der Waals surface area contributed by atoms with Crippen molar-refractivity contribution in [3.8, 4) is 0 Å². The van der Waals surface area contributed by atoms with Gasteiger partial charge in [0.15, 0.2) is 6.10 Å². The Morgan fingerprint density at radius 1 is 0.256 bits per heavy atom. The van der Waals surface area contributed by atoms with E-state index in [2.05, 4.69) is 106 Å². The van der Waals surface area contributed by atoms with Gasteiger partial charge in [0.2, 0.25) is 0 Å². The molecule has 0 aliphatic rings. The van der Waals surface area contributed by atoms with Crippen LogP contribution in [-0.2, 0) is 28.6 Å². The molecule has 0 aromatic carbocycles. The Kier molecular flexibility index (Phi) is 63.2. The minimum Gasteiger partial charge on any atom is -0.462 e. The summed E-state index contributed by atoms with van der Waals surface area (Å²) >= 11 is 0. The molecule has 0 rings (SSSR count). The van der Waals surface area contributed by atoms with Crippen molar-refractivity contribution in [1.82, 2.24) is 0 Å². The van der Waals surface area contributed by atoms with Gasteiger partial charge in [-0.15, -0.1) is 0 Å². The third-order valence-corrected chi connectivity index (χ3v) is 14.6. The molecule has 0 aromatic heterocycles. The van der Waals surface area contributed by atoms with Crippen LogP contribution in [0.2, 0.25) is 0 Å². The fourth-order valence-electron chi connectivity index (χ4n) is 9.51. The number of esters is 3. The van der Waals surface area contributed by atoms with Gasteiger partial charge in [-0.2, -0.15) is 0 Å². The van der Waals surface area contributed by atoms with Crippen molar-refractivity contribution in [3.63, 3.8) is 0 Å². The van der Waals surface area contributed by atoms with E-state index in [9.17, 15) is 14.4 Å². The SMILES string of the molecule is CCCCC/C=C\C/C=C\C/C=C\CCCCCCCCC(=O)OC(COC(=O)CCCCCCC/C=C\C/C=C\CCCCCC)COC(=O)CCCCCCCCCCCCCCC/C=C\C/C=C\CCCCCCC. The van der Waals surface area contributed by atoms with Crippen LogP contribution in [0, 0.1) is 0 Å². The molecule has 0 aliphatic carbocycles. The van der Waals surface area contributed by atoms with Crippen LogP contribution in [0.15, 0.2) is 85.1 Å². The third-order valence-electron chi connectivity index (χ3n) is 14.6. The van der Waals surface area contributed by atoms with Gasteiger partial charge in [0.05, 0.1) is 0 Å². The van der Waals surface area contributed by atoms with Gasteiger partial charge in [-0.3, -0.25) is 14.4 Å². The van der Waals surface area contributed by atoms with Crippen LogP contribution in [0.5, 0.6) is 0 Å². The largest absolute Gasteiger partial charge is 0.462 e. The average Bonchev–Trinajstić information content (AvgIpc) is 3.44.